The fraction of sp³-hybridized carbons (Fsp3) is 0.304. The highest BCUT2D eigenvalue weighted by Gasteiger charge is 2.24. The summed E-state index contributed by atoms with van der Waals surface area (Å²) in [5.41, 5.74) is 4.23. The van der Waals surface area contributed by atoms with Crippen LogP contribution in [0.25, 0.3) is 0 Å². The number of benzene rings is 2. The number of carbonyl (C=O) groups excluding carboxylic acids is 1. The van der Waals surface area contributed by atoms with E-state index in [0.717, 1.165) is 48.2 Å². The Kier molecular flexibility index (Phi) is 5.55. The van der Waals surface area contributed by atoms with Crippen LogP contribution in [0, 0.1) is 5.92 Å². The molecule has 0 spiro atoms. The molecule has 1 aromatic heterocycles. The monoisotopic (exact) mass is 478 g/mol. The topological polar surface area (TPSA) is 83.0 Å². The normalized spacial score (nSPS) is 15.3. The molecule has 0 saturated heterocycles. The van der Waals surface area contributed by atoms with Gasteiger partial charge >= 0.3 is 0 Å². The number of fused-ring (bicyclic) bond motifs is 1. The van der Waals surface area contributed by atoms with E-state index in [-0.39, 0.29) is 5.91 Å². The first-order valence-electron chi connectivity index (χ1n) is 10.5. The molecule has 158 valence electrons. The summed E-state index contributed by atoms with van der Waals surface area (Å²) < 4.78 is 1.11. The number of nitrogens with one attached hydrogen (secondary N) is 2. The first-order valence-corrected chi connectivity index (χ1v) is 11.3. The van der Waals surface area contributed by atoms with Crippen molar-refractivity contribution in [2.45, 2.75) is 32.2 Å². The minimum Gasteiger partial charge on any atom is -0.336 e. The zero-order chi connectivity index (χ0) is 21.2. The Morgan fingerprint density at radius 1 is 1.10 bits per heavy atom. The van der Waals surface area contributed by atoms with Gasteiger partial charge in [0, 0.05) is 35.4 Å². The molecular formula is C23H23BrN6O. The van der Waals surface area contributed by atoms with Crippen LogP contribution in [0.2, 0.25) is 0 Å². The third kappa shape index (κ3) is 5.02. The molecule has 2 N–H and O–H groups in total. The number of nitrogens with zero attached hydrogens (tertiary/aromatic N) is 4. The molecule has 0 atom stereocenters. The average Bonchev–Trinajstić information content (AvgIpc) is 3.57. The summed E-state index contributed by atoms with van der Waals surface area (Å²) >= 11 is 3.54. The third-order valence-electron chi connectivity index (χ3n) is 5.60. The number of hydrogen-bond donors (Lipinski definition) is 2. The average molecular weight is 479 g/mol. The van der Waals surface area contributed by atoms with Crippen LogP contribution < -0.4 is 15.5 Å². The highest BCUT2D eigenvalue weighted by Crippen LogP contribution is 2.32. The van der Waals surface area contributed by atoms with Gasteiger partial charge in [-0.2, -0.15) is 4.98 Å². The fourth-order valence-corrected chi connectivity index (χ4v) is 4.20. The van der Waals surface area contributed by atoms with Gasteiger partial charge in [-0.15, -0.1) is 0 Å². The van der Waals surface area contributed by atoms with E-state index in [1.165, 1.54) is 17.5 Å². The molecule has 1 aliphatic carbocycles. The second-order valence-corrected chi connectivity index (χ2v) is 9.01. The second-order valence-electron chi connectivity index (χ2n) is 8.10. The summed E-state index contributed by atoms with van der Waals surface area (Å²) in [4.78, 5) is 27.5. The predicted molar refractivity (Wildman–Crippen MR) is 124 cm³/mol. The molecule has 7 nitrogen and oxygen atoms in total. The van der Waals surface area contributed by atoms with Gasteiger partial charge in [0.05, 0.1) is 0 Å². The van der Waals surface area contributed by atoms with Crippen LogP contribution in [0.1, 0.15) is 30.4 Å². The molecule has 1 saturated carbocycles. The molecule has 8 heteroatoms. The molecule has 3 aromatic rings. The van der Waals surface area contributed by atoms with Crippen molar-refractivity contribution in [2.24, 2.45) is 5.92 Å². The first-order chi connectivity index (χ1) is 15.1. The Labute approximate surface area is 189 Å². The molecule has 1 fully saturated rings. The van der Waals surface area contributed by atoms with Crippen LogP contribution >= 0.6 is 15.9 Å². The predicted octanol–water partition coefficient (Wildman–Crippen LogP) is 4.68. The van der Waals surface area contributed by atoms with E-state index in [0.29, 0.717) is 24.2 Å². The summed E-state index contributed by atoms with van der Waals surface area (Å²) in [6, 6.07) is 14.0. The number of halogens is 1. The summed E-state index contributed by atoms with van der Waals surface area (Å²) in [6.07, 6.45) is 5.41. The SMILES string of the molecule is O=C(CC1CC1)Nc1cccc(Nc2ncnc(N3CCc4cc(Br)ccc4C3)n2)c1. The maximum Gasteiger partial charge on any atom is 0.232 e. The number of carbonyl (C=O) groups is 1. The molecule has 0 unspecified atom stereocenters. The smallest absolute Gasteiger partial charge is 0.232 e. The van der Waals surface area contributed by atoms with Crippen LogP contribution in [0.5, 0.6) is 0 Å². The molecule has 1 amide bonds. The Balaban J connectivity index is 1.27. The molecule has 0 bridgehead atoms. The van der Waals surface area contributed by atoms with Gasteiger partial charge in [-0.25, -0.2) is 9.97 Å². The van der Waals surface area contributed by atoms with Crippen molar-refractivity contribution in [1.29, 1.82) is 0 Å². The fourth-order valence-electron chi connectivity index (χ4n) is 3.79. The van der Waals surface area contributed by atoms with Crippen LogP contribution in [0.15, 0.2) is 53.3 Å². The zero-order valence-electron chi connectivity index (χ0n) is 17.0. The van der Waals surface area contributed by atoms with Gasteiger partial charge in [0.1, 0.15) is 6.33 Å². The highest BCUT2D eigenvalue weighted by atomic mass is 79.9. The van der Waals surface area contributed by atoms with E-state index in [1.807, 2.05) is 24.3 Å². The molecule has 5 rings (SSSR count). The van der Waals surface area contributed by atoms with Gasteiger partial charge in [-0.3, -0.25) is 4.79 Å². The Hall–Kier alpha value is -3.00. The summed E-state index contributed by atoms with van der Waals surface area (Å²) in [5, 5.41) is 6.20. The number of anilines is 4. The lowest BCUT2D eigenvalue weighted by Gasteiger charge is -2.29. The second kappa shape index (κ2) is 8.63. The van der Waals surface area contributed by atoms with Crippen molar-refractivity contribution < 1.29 is 4.79 Å². The van der Waals surface area contributed by atoms with Gasteiger partial charge in [-0.05, 0) is 66.6 Å². The molecule has 31 heavy (non-hydrogen) atoms. The highest BCUT2D eigenvalue weighted by molar-refractivity contribution is 9.10. The lowest BCUT2D eigenvalue weighted by atomic mass is 10.0. The minimum atomic E-state index is 0.0690. The van der Waals surface area contributed by atoms with Crippen LogP contribution in [-0.4, -0.2) is 27.4 Å². The van der Waals surface area contributed by atoms with E-state index in [9.17, 15) is 4.79 Å². The van der Waals surface area contributed by atoms with Crippen molar-refractivity contribution in [3.05, 3.63) is 64.4 Å². The molecule has 1 aliphatic heterocycles. The maximum absolute atomic E-state index is 12.1. The van der Waals surface area contributed by atoms with Gasteiger partial charge < -0.3 is 15.5 Å². The number of amides is 1. The minimum absolute atomic E-state index is 0.0690. The summed E-state index contributed by atoms with van der Waals surface area (Å²) in [7, 11) is 0. The molecular weight excluding hydrogens is 456 g/mol. The first kappa shape index (κ1) is 19.9. The molecule has 2 aromatic carbocycles. The molecule has 0 radical (unpaired) electrons. The Bertz CT molecular complexity index is 1120. The number of rotatable bonds is 6. The lowest BCUT2D eigenvalue weighted by molar-refractivity contribution is -0.116. The number of aromatic nitrogens is 3. The number of hydrogen-bond acceptors (Lipinski definition) is 6. The standard InChI is InChI=1S/C23H23BrN6O/c24-18-7-6-17-13-30(9-8-16(17)11-18)23-26-14-25-22(29-23)28-20-3-1-2-19(12-20)27-21(31)10-15-4-5-15/h1-3,6-7,11-12,14-15H,4-5,8-10,13H2,(H,27,31)(H,25,26,28,29). The van der Waals surface area contributed by atoms with E-state index in [2.05, 4.69) is 64.6 Å². The Morgan fingerprint density at radius 2 is 1.97 bits per heavy atom. The van der Waals surface area contributed by atoms with Crippen molar-refractivity contribution in [1.82, 2.24) is 15.0 Å². The summed E-state index contributed by atoms with van der Waals surface area (Å²) in [6.45, 7) is 1.63. The van der Waals surface area contributed by atoms with Gasteiger partial charge in [0.25, 0.3) is 0 Å². The van der Waals surface area contributed by atoms with E-state index < -0.39 is 0 Å². The van der Waals surface area contributed by atoms with Gasteiger partial charge in [0.2, 0.25) is 17.8 Å². The maximum atomic E-state index is 12.1. The van der Waals surface area contributed by atoms with Crippen molar-refractivity contribution in [2.75, 3.05) is 22.1 Å². The largest absolute Gasteiger partial charge is 0.336 e. The molecule has 2 heterocycles. The quantitative estimate of drug-likeness (QED) is 0.535. The van der Waals surface area contributed by atoms with Crippen LogP contribution in [0.3, 0.4) is 0 Å². The van der Waals surface area contributed by atoms with Crippen molar-refractivity contribution >= 4 is 45.1 Å². The van der Waals surface area contributed by atoms with Crippen LogP contribution in [0.4, 0.5) is 23.3 Å². The van der Waals surface area contributed by atoms with Crippen LogP contribution in [-0.2, 0) is 17.8 Å². The third-order valence-corrected chi connectivity index (χ3v) is 6.09. The van der Waals surface area contributed by atoms with E-state index in [1.54, 1.807) is 0 Å². The molecule has 2 aliphatic rings. The Morgan fingerprint density at radius 3 is 2.84 bits per heavy atom. The van der Waals surface area contributed by atoms with E-state index in [4.69, 9.17) is 0 Å². The lowest BCUT2D eigenvalue weighted by Crippen LogP contribution is -2.32. The van der Waals surface area contributed by atoms with E-state index >= 15 is 0 Å². The van der Waals surface area contributed by atoms with Crippen molar-refractivity contribution in [3.8, 4) is 0 Å². The zero-order valence-corrected chi connectivity index (χ0v) is 18.6. The van der Waals surface area contributed by atoms with Gasteiger partial charge in [-0.1, -0.05) is 28.1 Å². The van der Waals surface area contributed by atoms with Gasteiger partial charge in [0.15, 0.2) is 0 Å². The summed E-state index contributed by atoms with van der Waals surface area (Å²) in [5.74, 6) is 1.76. The van der Waals surface area contributed by atoms with Crippen molar-refractivity contribution in [3.63, 3.8) is 0 Å².